The molecule has 3 aliphatic rings. The van der Waals surface area contributed by atoms with Gasteiger partial charge in [-0.1, -0.05) is 31.3 Å². The average molecular weight is 388 g/mol. The zero-order chi connectivity index (χ0) is 19.9. The Bertz CT molecular complexity index is 736. The van der Waals surface area contributed by atoms with Crippen LogP contribution in [0.25, 0.3) is 0 Å². The summed E-state index contributed by atoms with van der Waals surface area (Å²) in [6, 6.07) is 0. The predicted molar refractivity (Wildman–Crippen MR) is 105 cm³/mol. The van der Waals surface area contributed by atoms with Gasteiger partial charge in [0, 0.05) is 36.0 Å². The van der Waals surface area contributed by atoms with Crippen LogP contribution in [0.15, 0.2) is 4.52 Å². The molecule has 1 aromatic rings. The highest BCUT2D eigenvalue weighted by Gasteiger charge is 2.49. The summed E-state index contributed by atoms with van der Waals surface area (Å²) >= 11 is 0. The second kappa shape index (κ2) is 7.20. The third kappa shape index (κ3) is 3.25. The monoisotopic (exact) mass is 387 g/mol. The number of hydrogen-bond donors (Lipinski definition) is 0. The molecule has 0 aromatic carbocycles. The molecule has 1 saturated carbocycles. The fourth-order valence-electron chi connectivity index (χ4n) is 5.59. The fraction of sp³-hybridized carbons (Fsp3) is 0.773. The molecule has 6 heteroatoms. The van der Waals surface area contributed by atoms with E-state index in [1.807, 2.05) is 13.8 Å². The first-order valence-corrected chi connectivity index (χ1v) is 10.9. The molecule has 1 aliphatic carbocycles. The minimum absolute atomic E-state index is 0.114. The van der Waals surface area contributed by atoms with Crippen molar-refractivity contribution in [1.29, 1.82) is 0 Å². The molecule has 1 spiro atoms. The molecule has 154 valence electrons. The van der Waals surface area contributed by atoms with E-state index in [0.29, 0.717) is 18.9 Å². The number of aromatic nitrogens is 1. The highest BCUT2D eigenvalue weighted by molar-refractivity contribution is 5.83. The first kappa shape index (κ1) is 19.5. The van der Waals surface area contributed by atoms with Gasteiger partial charge >= 0.3 is 0 Å². The van der Waals surface area contributed by atoms with E-state index >= 15 is 0 Å². The summed E-state index contributed by atoms with van der Waals surface area (Å²) in [5, 5.41) is 4.05. The average Bonchev–Trinajstić information content (AvgIpc) is 3.17. The van der Waals surface area contributed by atoms with Gasteiger partial charge in [0.05, 0.1) is 12.2 Å². The number of piperidine rings is 1. The van der Waals surface area contributed by atoms with E-state index in [1.165, 1.54) is 19.3 Å². The number of nitrogens with zero attached hydrogens (tertiary/aromatic N) is 3. The predicted octanol–water partition coefficient (Wildman–Crippen LogP) is 3.75. The lowest BCUT2D eigenvalue weighted by atomic mass is 9.74. The van der Waals surface area contributed by atoms with Crippen molar-refractivity contribution in [3.63, 3.8) is 0 Å². The van der Waals surface area contributed by atoms with E-state index in [1.54, 1.807) is 0 Å². The summed E-state index contributed by atoms with van der Waals surface area (Å²) in [7, 11) is 0. The van der Waals surface area contributed by atoms with Crippen molar-refractivity contribution in [2.24, 2.45) is 5.41 Å². The van der Waals surface area contributed by atoms with Crippen LogP contribution < -0.4 is 0 Å². The van der Waals surface area contributed by atoms with E-state index in [2.05, 4.69) is 21.9 Å². The fourth-order valence-corrected chi connectivity index (χ4v) is 5.59. The van der Waals surface area contributed by atoms with Crippen LogP contribution in [0.4, 0.5) is 0 Å². The zero-order valence-electron chi connectivity index (χ0n) is 17.6. The van der Waals surface area contributed by atoms with Crippen molar-refractivity contribution in [3.8, 4) is 0 Å². The molecule has 0 N–H and O–H groups in total. The summed E-state index contributed by atoms with van der Waals surface area (Å²) in [5.41, 5.74) is 1.61. The van der Waals surface area contributed by atoms with Gasteiger partial charge in [-0.25, -0.2) is 0 Å². The van der Waals surface area contributed by atoms with Gasteiger partial charge in [-0.3, -0.25) is 9.59 Å². The lowest BCUT2D eigenvalue weighted by molar-refractivity contribution is -0.146. The summed E-state index contributed by atoms with van der Waals surface area (Å²) in [5.74, 6) is 1.35. The molecule has 28 heavy (non-hydrogen) atoms. The first-order chi connectivity index (χ1) is 13.3. The summed E-state index contributed by atoms with van der Waals surface area (Å²) < 4.78 is 5.30. The molecule has 0 unspecified atom stereocenters. The van der Waals surface area contributed by atoms with Gasteiger partial charge in [-0.15, -0.1) is 0 Å². The molecule has 3 fully saturated rings. The quantitative estimate of drug-likeness (QED) is 0.792. The van der Waals surface area contributed by atoms with Crippen molar-refractivity contribution < 1.29 is 14.1 Å². The number of amides is 2. The lowest BCUT2D eigenvalue weighted by Crippen LogP contribution is -2.56. The maximum absolute atomic E-state index is 13.2. The van der Waals surface area contributed by atoms with Gasteiger partial charge < -0.3 is 14.3 Å². The molecular weight excluding hydrogens is 354 g/mol. The molecule has 3 heterocycles. The van der Waals surface area contributed by atoms with E-state index in [0.717, 1.165) is 62.2 Å². The number of likely N-dealkylation sites (tertiary alicyclic amines) is 2. The van der Waals surface area contributed by atoms with Crippen LogP contribution in [-0.2, 0) is 16.1 Å². The van der Waals surface area contributed by atoms with E-state index in [9.17, 15) is 9.59 Å². The van der Waals surface area contributed by atoms with Crippen molar-refractivity contribution in [3.05, 3.63) is 17.0 Å². The Hall–Kier alpha value is -1.85. The normalized spacial score (nSPS) is 24.2. The van der Waals surface area contributed by atoms with Crippen LogP contribution in [0, 0.1) is 19.3 Å². The molecular formula is C22H33N3O3. The van der Waals surface area contributed by atoms with Crippen LogP contribution >= 0.6 is 0 Å². The topological polar surface area (TPSA) is 66.7 Å². The van der Waals surface area contributed by atoms with Crippen molar-refractivity contribution in [2.75, 3.05) is 13.1 Å². The van der Waals surface area contributed by atoms with Gasteiger partial charge in [0.2, 0.25) is 11.8 Å². The van der Waals surface area contributed by atoms with Gasteiger partial charge in [0.15, 0.2) is 0 Å². The third-order valence-corrected chi connectivity index (χ3v) is 7.63. The van der Waals surface area contributed by atoms with Gasteiger partial charge in [0.1, 0.15) is 5.76 Å². The lowest BCUT2D eigenvalue weighted by Gasteiger charge is -2.47. The number of hydrogen-bond acceptors (Lipinski definition) is 4. The molecule has 0 bridgehead atoms. The molecule has 2 aliphatic heterocycles. The second-order valence-corrected chi connectivity index (χ2v) is 9.42. The largest absolute Gasteiger partial charge is 0.361 e. The van der Waals surface area contributed by atoms with E-state index < -0.39 is 0 Å². The van der Waals surface area contributed by atoms with Crippen molar-refractivity contribution in [1.82, 2.24) is 15.0 Å². The van der Waals surface area contributed by atoms with Crippen LogP contribution in [-0.4, -0.2) is 45.4 Å². The number of rotatable bonds is 3. The first-order valence-electron chi connectivity index (χ1n) is 10.9. The molecule has 0 radical (unpaired) electrons. The van der Waals surface area contributed by atoms with Gasteiger partial charge in [-0.05, 0) is 46.0 Å². The number of aryl methyl sites for hydroxylation is 2. The minimum atomic E-state index is -0.176. The maximum Gasteiger partial charge on any atom is 0.228 e. The summed E-state index contributed by atoms with van der Waals surface area (Å²) in [4.78, 5) is 30.0. The smallest absolute Gasteiger partial charge is 0.228 e. The standard InChI is InChI=1S/C22H33N3O3/c1-16-18(17(2)28-23-16)15-25-19(26)7-10-22(25)11-13-24(14-12-22)20(27)21(3)8-5-4-6-9-21/h4-15H2,1-3H3. The minimum Gasteiger partial charge on any atom is -0.361 e. The summed E-state index contributed by atoms with van der Waals surface area (Å²) in [6.07, 6.45) is 8.88. The maximum atomic E-state index is 13.2. The molecule has 2 amide bonds. The Kier molecular flexibility index (Phi) is 5.00. The molecule has 6 nitrogen and oxygen atoms in total. The Balaban J connectivity index is 1.46. The molecule has 4 rings (SSSR count). The van der Waals surface area contributed by atoms with Crippen molar-refractivity contribution in [2.45, 2.75) is 90.6 Å². The number of carbonyl (C=O) groups is 2. The highest BCUT2D eigenvalue weighted by Crippen LogP contribution is 2.43. The zero-order valence-corrected chi connectivity index (χ0v) is 17.6. The highest BCUT2D eigenvalue weighted by atomic mass is 16.5. The Labute approximate surface area is 167 Å². The van der Waals surface area contributed by atoms with Gasteiger partial charge in [0.25, 0.3) is 0 Å². The second-order valence-electron chi connectivity index (χ2n) is 9.42. The number of carbonyl (C=O) groups excluding carboxylic acids is 2. The molecule has 1 aromatic heterocycles. The van der Waals surface area contributed by atoms with Crippen LogP contribution in [0.2, 0.25) is 0 Å². The Morgan fingerprint density at radius 1 is 1.07 bits per heavy atom. The van der Waals surface area contributed by atoms with Crippen LogP contribution in [0.1, 0.15) is 81.7 Å². The van der Waals surface area contributed by atoms with Gasteiger partial charge in [-0.2, -0.15) is 0 Å². The van der Waals surface area contributed by atoms with E-state index in [-0.39, 0.29) is 16.9 Å². The molecule has 0 atom stereocenters. The SMILES string of the molecule is Cc1noc(C)c1CN1C(=O)CCC12CCN(C(=O)C1(C)CCCCC1)CC2. The molecule has 2 saturated heterocycles. The van der Waals surface area contributed by atoms with Crippen LogP contribution in [0.5, 0.6) is 0 Å². The summed E-state index contributed by atoms with van der Waals surface area (Å²) in [6.45, 7) is 8.10. The Morgan fingerprint density at radius 3 is 2.36 bits per heavy atom. The van der Waals surface area contributed by atoms with Crippen LogP contribution in [0.3, 0.4) is 0 Å². The van der Waals surface area contributed by atoms with Crippen molar-refractivity contribution >= 4 is 11.8 Å². The third-order valence-electron chi connectivity index (χ3n) is 7.63. The van der Waals surface area contributed by atoms with E-state index in [4.69, 9.17) is 4.52 Å². The Morgan fingerprint density at radius 2 is 1.75 bits per heavy atom.